The number of aromatic amines is 1. The third kappa shape index (κ3) is 3.28. The van der Waals surface area contributed by atoms with Crippen molar-refractivity contribution in [1.29, 1.82) is 0 Å². The predicted molar refractivity (Wildman–Crippen MR) is 79.4 cm³/mol. The normalized spacial score (nSPS) is 11.4. The first-order valence-electron chi connectivity index (χ1n) is 6.66. The van der Waals surface area contributed by atoms with Crippen molar-refractivity contribution in [2.45, 2.75) is 6.18 Å². The third-order valence-corrected chi connectivity index (χ3v) is 3.19. The molecule has 0 unspecified atom stereocenters. The van der Waals surface area contributed by atoms with Gasteiger partial charge in [-0.25, -0.2) is 4.79 Å². The zero-order chi connectivity index (χ0) is 16.4. The molecule has 0 saturated carbocycles. The molecule has 1 aromatic heterocycles. The summed E-state index contributed by atoms with van der Waals surface area (Å²) in [7, 11) is 0. The van der Waals surface area contributed by atoms with E-state index in [4.69, 9.17) is 4.74 Å². The first-order valence-corrected chi connectivity index (χ1v) is 6.66. The molecule has 0 aliphatic rings. The van der Waals surface area contributed by atoms with Crippen LogP contribution in [0.5, 0.6) is 5.75 Å². The van der Waals surface area contributed by atoms with Crippen molar-refractivity contribution in [1.82, 2.24) is 4.98 Å². The lowest BCUT2D eigenvalue weighted by atomic mass is 10.2. The van der Waals surface area contributed by atoms with Gasteiger partial charge in [0, 0.05) is 17.3 Å². The van der Waals surface area contributed by atoms with Gasteiger partial charge in [-0.15, -0.1) is 0 Å². The van der Waals surface area contributed by atoms with Crippen molar-refractivity contribution in [3.63, 3.8) is 0 Å². The van der Waals surface area contributed by atoms with Gasteiger partial charge in [0.15, 0.2) is 5.75 Å². The zero-order valence-corrected chi connectivity index (χ0v) is 11.6. The minimum absolute atomic E-state index is 0.00323. The van der Waals surface area contributed by atoms with Crippen molar-refractivity contribution in [2.75, 3.05) is 5.32 Å². The number of hydrogen-bond donors (Lipinski definition) is 2. The van der Waals surface area contributed by atoms with Crippen LogP contribution in [0.1, 0.15) is 5.56 Å². The lowest BCUT2D eigenvalue weighted by molar-refractivity contribution is -0.137. The summed E-state index contributed by atoms with van der Waals surface area (Å²) in [5.41, 5.74) is -0.211. The standard InChI is InChI=1S/C16H11F3N2O2/c17-16(18,19)11-4-2-5-12(9-11)21-15(22)23-13-6-1-3-10-7-8-20-14(10)13/h1-9,20H,(H,21,22). The molecule has 0 bridgehead atoms. The van der Waals surface area contributed by atoms with Crippen LogP contribution < -0.4 is 10.1 Å². The molecule has 0 atom stereocenters. The molecular weight excluding hydrogens is 309 g/mol. The van der Waals surface area contributed by atoms with E-state index in [1.807, 2.05) is 12.1 Å². The second kappa shape index (κ2) is 5.68. The number of carbonyl (C=O) groups excluding carboxylic acids is 1. The molecule has 3 rings (SSSR count). The number of aromatic nitrogens is 1. The summed E-state index contributed by atoms with van der Waals surface area (Å²) in [5, 5.41) is 3.14. The van der Waals surface area contributed by atoms with E-state index in [9.17, 15) is 18.0 Å². The Bertz CT molecular complexity index is 856. The highest BCUT2D eigenvalue weighted by atomic mass is 19.4. The van der Waals surface area contributed by atoms with Crippen LogP contribution in [0.25, 0.3) is 10.9 Å². The molecule has 23 heavy (non-hydrogen) atoms. The van der Waals surface area contributed by atoms with Crippen LogP contribution in [0.2, 0.25) is 0 Å². The van der Waals surface area contributed by atoms with Gasteiger partial charge in [0.2, 0.25) is 0 Å². The summed E-state index contributed by atoms with van der Waals surface area (Å²) in [6.45, 7) is 0. The van der Waals surface area contributed by atoms with E-state index < -0.39 is 17.8 Å². The highest BCUT2D eigenvalue weighted by Gasteiger charge is 2.30. The second-order valence-corrected chi connectivity index (χ2v) is 4.79. The number of H-pyrrole nitrogens is 1. The van der Waals surface area contributed by atoms with Crippen LogP contribution in [-0.4, -0.2) is 11.1 Å². The van der Waals surface area contributed by atoms with Crippen molar-refractivity contribution in [3.05, 3.63) is 60.3 Å². The Morgan fingerprint density at radius 3 is 2.65 bits per heavy atom. The average Bonchev–Trinajstić information content (AvgIpc) is 2.96. The highest BCUT2D eigenvalue weighted by Crippen LogP contribution is 2.31. The van der Waals surface area contributed by atoms with Gasteiger partial charge in [0.05, 0.1) is 11.1 Å². The van der Waals surface area contributed by atoms with Crippen LogP contribution in [0.15, 0.2) is 54.7 Å². The molecule has 4 nitrogen and oxygen atoms in total. The Kier molecular flexibility index (Phi) is 3.69. The van der Waals surface area contributed by atoms with E-state index in [1.54, 1.807) is 18.3 Å². The zero-order valence-electron chi connectivity index (χ0n) is 11.6. The van der Waals surface area contributed by atoms with E-state index in [-0.39, 0.29) is 11.4 Å². The van der Waals surface area contributed by atoms with Crippen molar-refractivity contribution in [2.24, 2.45) is 0 Å². The van der Waals surface area contributed by atoms with Gasteiger partial charge in [0.25, 0.3) is 0 Å². The Hall–Kier alpha value is -2.96. The number of anilines is 1. The van der Waals surface area contributed by atoms with Gasteiger partial charge in [-0.2, -0.15) is 13.2 Å². The topological polar surface area (TPSA) is 54.1 Å². The fraction of sp³-hybridized carbons (Fsp3) is 0.0625. The molecule has 2 aromatic carbocycles. The molecule has 118 valence electrons. The van der Waals surface area contributed by atoms with Crippen molar-refractivity contribution < 1.29 is 22.7 Å². The number of ether oxygens (including phenoxy) is 1. The number of fused-ring (bicyclic) bond motifs is 1. The van der Waals surface area contributed by atoms with Gasteiger partial charge in [-0.1, -0.05) is 18.2 Å². The molecule has 0 spiro atoms. The molecule has 0 aliphatic carbocycles. The lowest BCUT2D eigenvalue weighted by Gasteiger charge is -2.10. The predicted octanol–water partition coefficient (Wildman–Crippen LogP) is 4.80. The molecule has 1 amide bonds. The van der Waals surface area contributed by atoms with E-state index in [1.165, 1.54) is 12.1 Å². The number of para-hydroxylation sites is 1. The Morgan fingerprint density at radius 1 is 1.09 bits per heavy atom. The van der Waals surface area contributed by atoms with E-state index in [0.29, 0.717) is 5.52 Å². The number of benzene rings is 2. The molecular formula is C16H11F3N2O2. The number of nitrogens with one attached hydrogen (secondary N) is 2. The van der Waals surface area contributed by atoms with Crippen LogP contribution >= 0.6 is 0 Å². The smallest absolute Gasteiger partial charge is 0.408 e. The van der Waals surface area contributed by atoms with Crippen molar-refractivity contribution >= 4 is 22.7 Å². The maximum Gasteiger partial charge on any atom is 0.417 e. The molecule has 7 heteroatoms. The van der Waals surface area contributed by atoms with Crippen molar-refractivity contribution in [3.8, 4) is 5.75 Å². The molecule has 2 N–H and O–H groups in total. The summed E-state index contributed by atoms with van der Waals surface area (Å²) >= 11 is 0. The lowest BCUT2D eigenvalue weighted by Crippen LogP contribution is -2.17. The minimum Gasteiger partial charge on any atom is -0.408 e. The number of alkyl halides is 3. The molecule has 3 aromatic rings. The molecule has 0 aliphatic heterocycles. The highest BCUT2D eigenvalue weighted by molar-refractivity contribution is 5.91. The quantitative estimate of drug-likeness (QED) is 0.713. The number of amides is 1. The fourth-order valence-electron chi connectivity index (χ4n) is 2.16. The Morgan fingerprint density at radius 2 is 1.87 bits per heavy atom. The van der Waals surface area contributed by atoms with E-state index in [0.717, 1.165) is 17.5 Å². The van der Waals surface area contributed by atoms with Gasteiger partial charge in [0.1, 0.15) is 0 Å². The molecule has 0 saturated heterocycles. The van der Waals surface area contributed by atoms with Gasteiger partial charge >= 0.3 is 12.3 Å². The van der Waals surface area contributed by atoms with E-state index in [2.05, 4.69) is 10.3 Å². The summed E-state index contributed by atoms with van der Waals surface area (Å²) < 4.78 is 43.1. The average molecular weight is 320 g/mol. The van der Waals surface area contributed by atoms with Crippen LogP contribution in [0.4, 0.5) is 23.7 Å². The maximum atomic E-state index is 12.6. The Balaban J connectivity index is 1.76. The van der Waals surface area contributed by atoms with Crippen LogP contribution in [0, 0.1) is 0 Å². The molecule has 0 radical (unpaired) electrons. The number of carbonyl (C=O) groups is 1. The molecule has 1 heterocycles. The van der Waals surface area contributed by atoms with Gasteiger partial charge in [-0.05, 0) is 30.3 Å². The fourth-order valence-corrected chi connectivity index (χ4v) is 2.16. The van der Waals surface area contributed by atoms with Gasteiger partial charge < -0.3 is 9.72 Å². The number of rotatable bonds is 2. The Labute approximate surface area is 128 Å². The monoisotopic (exact) mass is 320 g/mol. The first kappa shape index (κ1) is 15.0. The summed E-state index contributed by atoms with van der Waals surface area (Å²) in [6.07, 6.45) is -3.65. The van der Waals surface area contributed by atoms with Crippen LogP contribution in [-0.2, 0) is 6.18 Å². The summed E-state index contributed by atoms with van der Waals surface area (Å²) in [5.74, 6) is 0.289. The number of halogens is 3. The number of hydrogen-bond acceptors (Lipinski definition) is 2. The van der Waals surface area contributed by atoms with E-state index >= 15 is 0 Å². The summed E-state index contributed by atoms with van der Waals surface area (Å²) in [6, 6.07) is 11.3. The third-order valence-electron chi connectivity index (χ3n) is 3.19. The maximum absolute atomic E-state index is 12.6. The molecule has 0 fully saturated rings. The minimum atomic E-state index is -4.47. The largest absolute Gasteiger partial charge is 0.417 e. The van der Waals surface area contributed by atoms with Gasteiger partial charge in [-0.3, -0.25) is 5.32 Å². The summed E-state index contributed by atoms with van der Waals surface area (Å²) in [4.78, 5) is 14.8. The van der Waals surface area contributed by atoms with Crippen LogP contribution in [0.3, 0.4) is 0 Å². The SMILES string of the molecule is O=C(Nc1cccc(C(F)(F)F)c1)Oc1cccc2cc[nH]c12. The second-order valence-electron chi connectivity index (χ2n) is 4.79. The first-order chi connectivity index (χ1) is 10.9.